The maximum absolute atomic E-state index is 12.5. The average Bonchev–Trinajstić information content (AvgIpc) is 2.72. The second kappa shape index (κ2) is 11.1. The fourth-order valence-electron chi connectivity index (χ4n) is 3.18. The van der Waals surface area contributed by atoms with Gasteiger partial charge < -0.3 is 15.1 Å². The summed E-state index contributed by atoms with van der Waals surface area (Å²) in [4.78, 5) is 26.8. The van der Waals surface area contributed by atoms with Crippen LogP contribution >= 0.6 is 0 Å². The van der Waals surface area contributed by atoms with Crippen LogP contribution in [-0.2, 0) is 19.6 Å². The van der Waals surface area contributed by atoms with E-state index in [9.17, 15) is 18.0 Å². The number of benzene rings is 1. The molecule has 0 aromatic heterocycles. The summed E-state index contributed by atoms with van der Waals surface area (Å²) in [6, 6.07) is 9.29. The minimum absolute atomic E-state index is 0.0568. The molecule has 0 bridgehead atoms. The van der Waals surface area contributed by atoms with Crippen LogP contribution in [0.5, 0.6) is 0 Å². The third-order valence-electron chi connectivity index (χ3n) is 4.87. The molecular weight excluding hydrogens is 392 g/mol. The van der Waals surface area contributed by atoms with Gasteiger partial charge in [0.2, 0.25) is 15.9 Å². The molecule has 1 aliphatic heterocycles. The number of piperazine rings is 1. The molecule has 0 radical (unpaired) electrons. The number of sulfonamides is 1. The van der Waals surface area contributed by atoms with Crippen molar-refractivity contribution in [1.82, 2.24) is 14.5 Å². The van der Waals surface area contributed by atoms with E-state index >= 15 is 0 Å². The highest BCUT2D eigenvalue weighted by Crippen LogP contribution is 2.08. The fourth-order valence-corrected chi connectivity index (χ4v) is 4.37. The Labute approximate surface area is 173 Å². The van der Waals surface area contributed by atoms with Gasteiger partial charge in [-0.1, -0.05) is 30.3 Å². The maximum Gasteiger partial charge on any atom is 0.278 e. The number of nitrogens with zero attached hydrogens (tertiary/aromatic N) is 2. The molecule has 1 aromatic carbocycles. The minimum atomic E-state index is -3.49. The zero-order chi connectivity index (χ0) is 21.3. The second-order valence-corrected chi connectivity index (χ2v) is 8.76. The van der Waals surface area contributed by atoms with Crippen molar-refractivity contribution in [3.8, 4) is 0 Å². The van der Waals surface area contributed by atoms with Crippen LogP contribution in [0.2, 0.25) is 0 Å². The minimum Gasteiger partial charge on any atom is -0.355 e. The zero-order valence-electron chi connectivity index (χ0n) is 17.1. The van der Waals surface area contributed by atoms with Crippen molar-refractivity contribution in [1.29, 1.82) is 0 Å². The van der Waals surface area contributed by atoms with Crippen molar-refractivity contribution in [3.05, 3.63) is 41.3 Å². The Morgan fingerprint density at radius 1 is 1.17 bits per heavy atom. The summed E-state index contributed by atoms with van der Waals surface area (Å²) >= 11 is 0. The third kappa shape index (κ3) is 7.26. The second-order valence-electron chi connectivity index (χ2n) is 6.95. The summed E-state index contributed by atoms with van der Waals surface area (Å²) in [5.74, 6) is -0.257. The Morgan fingerprint density at radius 3 is 2.41 bits per heavy atom. The Hall–Kier alpha value is -2.23. The Morgan fingerprint density at radius 2 is 1.83 bits per heavy atom. The molecule has 1 saturated heterocycles. The van der Waals surface area contributed by atoms with Gasteiger partial charge in [0.1, 0.15) is 0 Å². The first-order valence-corrected chi connectivity index (χ1v) is 11.5. The number of hydrogen-bond acceptors (Lipinski definition) is 4. The first-order chi connectivity index (χ1) is 13.9. The molecule has 1 heterocycles. The lowest BCUT2D eigenvalue weighted by Crippen LogP contribution is -3.15. The zero-order valence-corrected chi connectivity index (χ0v) is 18.0. The van der Waals surface area contributed by atoms with Gasteiger partial charge in [0.05, 0.1) is 32.7 Å². The quantitative estimate of drug-likeness (QED) is 0.543. The molecule has 0 spiro atoms. The fraction of sp³-hybridized carbons (Fsp3) is 0.500. The molecule has 160 valence electrons. The van der Waals surface area contributed by atoms with Gasteiger partial charge in [-0.05, 0) is 25.5 Å². The van der Waals surface area contributed by atoms with E-state index in [2.05, 4.69) is 5.32 Å². The van der Waals surface area contributed by atoms with Crippen LogP contribution in [0.15, 0.2) is 35.7 Å². The van der Waals surface area contributed by atoms with Crippen LogP contribution in [0.3, 0.4) is 0 Å². The number of rotatable bonds is 9. The molecule has 2 N–H and O–H groups in total. The predicted molar refractivity (Wildman–Crippen MR) is 112 cm³/mol. The molecule has 1 aliphatic rings. The summed E-state index contributed by atoms with van der Waals surface area (Å²) in [6.07, 6.45) is 1.60. The van der Waals surface area contributed by atoms with Crippen molar-refractivity contribution < 1.29 is 22.9 Å². The van der Waals surface area contributed by atoms with Crippen molar-refractivity contribution in [2.24, 2.45) is 0 Å². The molecule has 0 atom stereocenters. The van der Waals surface area contributed by atoms with E-state index in [0.29, 0.717) is 39.3 Å². The van der Waals surface area contributed by atoms with Crippen LogP contribution in [-0.4, -0.2) is 81.8 Å². The van der Waals surface area contributed by atoms with E-state index in [4.69, 9.17) is 0 Å². The predicted octanol–water partition coefficient (Wildman–Crippen LogP) is -0.828. The van der Waals surface area contributed by atoms with Gasteiger partial charge in [0.25, 0.3) is 5.91 Å². The van der Waals surface area contributed by atoms with E-state index in [1.807, 2.05) is 44.2 Å². The van der Waals surface area contributed by atoms with E-state index in [-0.39, 0.29) is 24.9 Å². The van der Waals surface area contributed by atoms with Crippen molar-refractivity contribution >= 4 is 27.9 Å². The maximum atomic E-state index is 12.5. The van der Waals surface area contributed by atoms with Crippen LogP contribution in [0, 0.1) is 0 Å². The first-order valence-electron chi connectivity index (χ1n) is 9.97. The van der Waals surface area contributed by atoms with Gasteiger partial charge in [0.15, 0.2) is 6.54 Å². The van der Waals surface area contributed by atoms with Crippen molar-refractivity contribution in [2.45, 2.75) is 13.8 Å². The third-order valence-corrected chi connectivity index (χ3v) is 6.43. The molecule has 0 unspecified atom stereocenters. The van der Waals surface area contributed by atoms with Crippen LogP contribution in [0.4, 0.5) is 0 Å². The van der Waals surface area contributed by atoms with E-state index in [0.717, 1.165) is 10.5 Å². The largest absolute Gasteiger partial charge is 0.355 e. The highest BCUT2D eigenvalue weighted by Gasteiger charge is 2.29. The van der Waals surface area contributed by atoms with Gasteiger partial charge in [0, 0.05) is 18.5 Å². The highest BCUT2D eigenvalue weighted by molar-refractivity contribution is 7.92. The van der Waals surface area contributed by atoms with Gasteiger partial charge in [-0.2, -0.15) is 4.31 Å². The summed E-state index contributed by atoms with van der Waals surface area (Å²) < 4.78 is 26.5. The van der Waals surface area contributed by atoms with E-state index < -0.39 is 10.0 Å². The molecule has 9 heteroatoms. The lowest BCUT2D eigenvalue weighted by atomic mass is 10.2. The summed E-state index contributed by atoms with van der Waals surface area (Å²) in [6.45, 7) is 6.85. The summed E-state index contributed by atoms with van der Waals surface area (Å²) in [5, 5.41) is 3.94. The molecule has 2 rings (SSSR count). The molecule has 0 aliphatic carbocycles. The standard InChI is InChI=1S/C20H30N4O4S/c1-3-21-19(25)16-23(4-2)20(26)17-22-11-13-24(14-12-22)29(27,28)15-10-18-8-6-5-7-9-18/h5-10,15H,3-4,11-14,16-17H2,1-2H3,(H,21,25)/p+1/b15-10+. The average molecular weight is 424 g/mol. The molecule has 1 fully saturated rings. The number of nitrogens with one attached hydrogen (secondary N) is 2. The van der Waals surface area contributed by atoms with Crippen molar-refractivity contribution in [3.63, 3.8) is 0 Å². The number of quaternary nitrogens is 1. The monoisotopic (exact) mass is 423 g/mol. The lowest BCUT2D eigenvalue weighted by molar-refractivity contribution is -0.895. The smallest absolute Gasteiger partial charge is 0.278 e. The molecule has 0 saturated carbocycles. The molecule has 2 amide bonds. The SMILES string of the molecule is CCNC(=O)CN(CC)C(=O)C[NH+]1CCN(S(=O)(=O)/C=C/c2ccccc2)CC1. The number of carbonyl (C=O) groups is 2. The van der Waals surface area contributed by atoms with Crippen LogP contribution in [0.25, 0.3) is 6.08 Å². The Kier molecular flexibility index (Phi) is 8.81. The number of likely N-dealkylation sites (N-methyl/N-ethyl adjacent to an activating group) is 2. The highest BCUT2D eigenvalue weighted by atomic mass is 32.2. The molecule has 1 aromatic rings. The summed E-state index contributed by atoms with van der Waals surface area (Å²) in [7, 11) is -3.49. The van der Waals surface area contributed by atoms with E-state index in [1.165, 1.54) is 14.6 Å². The number of carbonyl (C=O) groups excluding carboxylic acids is 2. The van der Waals surface area contributed by atoms with Crippen LogP contribution in [0.1, 0.15) is 19.4 Å². The van der Waals surface area contributed by atoms with Gasteiger partial charge in [-0.25, -0.2) is 8.42 Å². The molecule has 29 heavy (non-hydrogen) atoms. The molecule has 8 nitrogen and oxygen atoms in total. The number of hydrogen-bond donors (Lipinski definition) is 2. The number of amides is 2. The normalized spacial score (nSPS) is 16.1. The summed E-state index contributed by atoms with van der Waals surface area (Å²) in [5.41, 5.74) is 0.831. The first kappa shape index (κ1) is 23.1. The van der Waals surface area contributed by atoms with Gasteiger partial charge >= 0.3 is 0 Å². The lowest BCUT2D eigenvalue weighted by Gasteiger charge is -2.31. The van der Waals surface area contributed by atoms with Crippen molar-refractivity contribution in [2.75, 3.05) is 52.4 Å². The van der Waals surface area contributed by atoms with Gasteiger partial charge in [-0.3, -0.25) is 9.59 Å². The Bertz CT molecular complexity index is 803. The topological polar surface area (TPSA) is 91.2 Å². The van der Waals surface area contributed by atoms with E-state index in [1.54, 1.807) is 6.08 Å². The van der Waals surface area contributed by atoms with Gasteiger partial charge in [-0.15, -0.1) is 0 Å². The van der Waals surface area contributed by atoms with Crippen LogP contribution < -0.4 is 10.2 Å². The molecular formula is C20H31N4O4S+. The Balaban J connectivity index is 1.85.